The fourth-order valence-electron chi connectivity index (χ4n) is 0.352. The summed E-state index contributed by atoms with van der Waals surface area (Å²) in [5, 5.41) is 0. The molecule has 1 amide bonds. The summed E-state index contributed by atoms with van der Waals surface area (Å²) in [7, 11) is 0. The summed E-state index contributed by atoms with van der Waals surface area (Å²) >= 11 is 0. The number of carbonyl (C=O) groups excluding carboxylic acids is 1. The monoisotopic (exact) mass is 121 g/mol. The molecule has 2 nitrogen and oxygen atoms in total. The molecule has 0 radical (unpaired) electrons. The third kappa shape index (κ3) is 11.6. The van der Waals surface area contributed by atoms with Crippen LogP contribution in [0.25, 0.3) is 0 Å². The first-order valence-electron chi connectivity index (χ1n) is 2.74. The molecule has 0 spiro atoms. The van der Waals surface area contributed by atoms with Gasteiger partial charge in [0.1, 0.15) is 0 Å². The van der Waals surface area contributed by atoms with Crippen LogP contribution in [0.1, 0.15) is 20.3 Å². The molecule has 0 atom stereocenters. The largest absolute Gasteiger partial charge is 1.00 e. The van der Waals surface area contributed by atoms with Crippen molar-refractivity contribution in [1.82, 2.24) is 0 Å². The van der Waals surface area contributed by atoms with E-state index in [4.69, 9.17) is 5.73 Å². The van der Waals surface area contributed by atoms with E-state index in [9.17, 15) is 4.79 Å². The van der Waals surface area contributed by atoms with E-state index < -0.39 is 0 Å². The number of amides is 1. The molecule has 0 unspecified atom stereocenters. The van der Waals surface area contributed by atoms with Crippen molar-refractivity contribution in [2.45, 2.75) is 20.3 Å². The Morgan fingerprint density at radius 3 is 2.22 bits per heavy atom. The fraction of sp³-hybridized carbons (Fsp3) is 0.667. The van der Waals surface area contributed by atoms with Crippen molar-refractivity contribution in [3.63, 3.8) is 0 Å². The standard InChI is InChI=1S/C6H12NO.Li/c1-5(2)3-4-6(7)8;/h3,5H,4H2,1-2H3,(H2,7,8);/q-1;+1. The quantitative estimate of drug-likeness (QED) is 0.332. The van der Waals surface area contributed by atoms with Gasteiger partial charge in [0.25, 0.3) is 0 Å². The molecule has 0 saturated heterocycles. The van der Waals surface area contributed by atoms with Crippen LogP contribution in [0.4, 0.5) is 0 Å². The van der Waals surface area contributed by atoms with Gasteiger partial charge in [-0.05, 0) is 0 Å². The topological polar surface area (TPSA) is 43.1 Å². The van der Waals surface area contributed by atoms with E-state index in [1.54, 1.807) is 0 Å². The van der Waals surface area contributed by atoms with Crippen molar-refractivity contribution >= 4 is 5.91 Å². The normalized spacial score (nSPS) is 8.78. The van der Waals surface area contributed by atoms with Crippen molar-refractivity contribution in [3.8, 4) is 0 Å². The van der Waals surface area contributed by atoms with E-state index in [0.29, 0.717) is 12.3 Å². The molecular formula is C6H12LiNO. The van der Waals surface area contributed by atoms with Crippen LogP contribution in [0.15, 0.2) is 0 Å². The zero-order valence-electron chi connectivity index (χ0n) is 6.35. The van der Waals surface area contributed by atoms with Gasteiger partial charge < -0.3 is 12.2 Å². The van der Waals surface area contributed by atoms with Crippen LogP contribution in [0, 0.1) is 12.3 Å². The second kappa shape index (κ2) is 6.19. The molecule has 3 heteroatoms. The zero-order chi connectivity index (χ0) is 6.57. The second-order valence-corrected chi connectivity index (χ2v) is 2.15. The van der Waals surface area contributed by atoms with Gasteiger partial charge in [0.05, 0.1) is 0 Å². The Hall–Kier alpha value is 0.0674. The number of hydrogen-bond acceptors (Lipinski definition) is 1. The summed E-state index contributed by atoms with van der Waals surface area (Å²) in [5.41, 5.74) is 4.87. The number of nitrogens with two attached hydrogens (primary N) is 1. The van der Waals surface area contributed by atoms with Gasteiger partial charge in [0.15, 0.2) is 5.91 Å². The van der Waals surface area contributed by atoms with Crippen molar-refractivity contribution < 1.29 is 23.7 Å². The fourth-order valence-corrected chi connectivity index (χ4v) is 0.352. The van der Waals surface area contributed by atoms with Crippen LogP contribution in [-0.4, -0.2) is 5.91 Å². The molecule has 48 valence electrons. The van der Waals surface area contributed by atoms with Crippen LogP contribution < -0.4 is 24.6 Å². The molecule has 0 bridgehead atoms. The zero-order valence-corrected chi connectivity index (χ0v) is 6.35. The second-order valence-electron chi connectivity index (χ2n) is 2.15. The maximum Gasteiger partial charge on any atom is 1.00 e. The molecule has 9 heavy (non-hydrogen) atoms. The summed E-state index contributed by atoms with van der Waals surface area (Å²) in [6.45, 7) is 4.03. The van der Waals surface area contributed by atoms with Crippen molar-refractivity contribution in [1.29, 1.82) is 0 Å². The number of rotatable bonds is 3. The molecule has 0 heterocycles. The molecule has 0 fully saturated rings. The first-order chi connectivity index (χ1) is 3.63. The summed E-state index contributed by atoms with van der Waals surface area (Å²) in [6, 6.07) is 0. The molecular weight excluding hydrogens is 109 g/mol. The Labute approximate surface area is 68.4 Å². The minimum absolute atomic E-state index is 0. The van der Waals surface area contributed by atoms with E-state index in [1.807, 2.05) is 20.3 Å². The third-order valence-corrected chi connectivity index (χ3v) is 0.790. The van der Waals surface area contributed by atoms with Gasteiger partial charge in [0, 0.05) is 0 Å². The Morgan fingerprint density at radius 2 is 2.11 bits per heavy atom. The maximum atomic E-state index is 10.1. The molecule has 2 N–H and O–H groups in total. The van der Waals surface area contributed by atoms with Gasteiger partial charge in [-0.1, -0.05) is 20.3 Å². The van der Waals surface area contributed by atoms with Gasteiger partial charge in [0.2, 0.25) is 0 Å². The number of primary amides is 1. The molecule has 0 aromatic heterocycles. The summed E-state index contributed by atoms with van der Waals surface area (Å²) < 4.78 is 0. The number of carbonyl (C=O) groups is 1. The predicted octanol–water partition coefficient (Wildman–Crippen LogP) is -2.27. The summed E-state index contributed by atoms with van der Waals surface area (Å²) in [6.07, 6.45) is 2.29. The minimum atomic E-state index is -0.251. The van der Waals surface area contributed by atoms with Gasteiger partial charge in [-0.15, -0.1) is 0 Å². The van der Waals surface area contributed by atoms with Crippen LogP contribution in [0.2, 0.25) is 0 Å². The molecule has 0 aliphatic carbocycles. The Kier molecular flexibility index (Phi) is 8.13. The Balaban J connectivity index is 0. The van der Waals surface area contributed by atoms with E-state index in [-0.39, 0.29) is 24.8 Å². The third-order valence-electron chi connectivity index (χ3n) is 0.790. The van der Waals surface area contributed by atoms with Crippen molar-refractivity contribution in [2.75, 3.05) is 0 Å². The molecule has 0 aliphatic rings. The van der Waals surface area contributed by atoms with E-state index in [2.05, 4.69) is 0 Å². The van der Waals surface area contributed by atoms with Gasteiger partial charge in [-0.3, -0.25) is 4.79 Å². The first-order valence-corrected chi connectivity index (χ1v) is 2.74. The Morgan fingerprint density at radius 1 is 1.67 bits per heavy atom. The van der Waals surface area contributed by atoms with Crippen LogP contribution in [0.3, 0.4) is 0 Å². The predicted molar refractivity (Wildman–Crippen MR) is 32.9 cm³/mol. The van der Waals surface area contributed by atoms with E-state index >= 15 is 0 Å². The van der Waals surface area contributed by atoms with E-state index in [1.165, 1.54) is 0 Å². The first kappa shape index (κ1) is 11.8. The van der Waals surface area contributed by atoms with Gasteiger partial charge in [-0.2, -0.15) is 5.92 Å². The summed E-state index contributed by atoms with van der Waals surface area (Å²) in [5.74, 6) is 0.209. The van der Waals surface area contributed by atoms with Gasteiger partial charge >= 0.3 is 18.9 Å². The number of hydrogen-bond donors (Lipinski definition) is 1. The van der Waals surface area contributed by atoms with Crippen LogP contribution in [0.5, 0.6) is 0 Å². The van der Waals surface area contributed by atoms with Crippen LogP contribution >= 0.6 is 0 Å². The van der Waals surface area contributed by atoms with Crippen molar-refractivity contribution in [2.24, 2.45) is 11.7 Å². The molecule has 0 aromatic carbocycles. The molecule has 0 aromatic rings. The molecule has 0 rings (SSSR count). The Bertz CT molecular complexity index is 83.1. The van der Waals surface area contributed by atoms with E-state index in [0.717, 1.165) is 0 Å². The van der Waals surface area contributed by atoms with Crippen LogP contribution in [-0.2, 0) is 4.79 Å². The molecule has 0 saturated carbocycles. The maximum absolute atomic E-state index is 10.1. The van der Waals surface area contributed by atoms with Crippen molar-refractivity contribution in [3.05, 3.63) is 6.42 Å². The molecule has 0 aliphatic heterocycles. The SMILES string of the molecule is CC(C)[CH-]CC(N)=O.[Li+]. The smallest absolute Gasteiger partial charge is 0.372 e. The van der Waals surface area contributed by atoms with Gasteiger partial charge in [-0.25, -0.2) is 0 Å². The minimum Gasteiger partial charge on any atom is -0.372 e. The summed E-state index contributed by atoms with van der Waals surface area (Å²) in [4.78, 5) is 10.1. The average Bonchev–Trinajstić information content (AvgIpc) is 1.61. The average molecular weight is 121 g/mol.